The lowest BCUT2D eigenvalue weighted by Gasteiger charge is -2.05. The fraction of sp³-hybridized carbons (Fsp3) is 0.750. The number of ether oxygens (including phenoxy) is 1. The summed E-state index contributed by atoms with van der Waals surface area (Å²) >= 11 is 0. The first-order chi connectivity index (χ1) is 7.91. The van der Waals surface area contributed by atoms with Gasteiger partial charge >= 0.3 is 12.3 Å². The first-order valence-electron chi connectivity index (χ1n) is 4.67. The largest absolute Gasteiger partial charge is 0.553 e. The second-order valence-corrected chi connectivity index (χ2v) is 3.19. The molecule has 0 atom stereocenters. The van der Waals surface area contributed by atoms with Crippen LogP contribution in [0.5, 0.6) is 0 Å². The Hall–Kier alpha value is -1.42. The molecule has 0 aliphatic carbocycles. The van der Waals surface area contributed by atoms with E-state index in [1.165, 1.54) is 0 Å². The lowest BCUT2D eigenvalue weighted by Crippen LogP contribution is -2.17. The van der Waals surface area contributed by atoms with Crippen LogP contribution in [0.15, 0.2) is 0 Å². The fourth-order valence-corrected chi connectivity index (χ4v) is 0.354. The summed E-state index contributed by atoms with van der Waals surface area (Å²) in [6.45, 7) is 6.50. The predicted octanol–water partition coefficient (Wildman–Crippen LogP) is 1.82. The highest BCUT2D eigenvalue weighted by atomic mass is 17.5. The second kappa shape index (κ2) is 8.70. The zero-order chi connectivity index (χ0) is 13.3. The van der Waals surface area contributed by atoms with E-state index in [1.54, 1.807) is 27.7 Å². The normalized spacial score (nSPS) is 10.5. The maximum absolute atomic E-state index is 10.7. The monoisotopic (exact) mass is 254 g/mol. The molecule has 0 saturated heterocycles. The summed E-state index contributed by atoms with van der Waals surface area (Å²) in [6.07, 6.45) is -3.64. The van der Waals surface area contributed by atoms with E-state index in [0.717, 1.165) is 0 Å². The van der Waals surface area contributed by atoms with E-state index in [9.17, 15) is 9.59 Å². The molecule has 0 aromatic rings. The van der Waals surface area contributed by atoms with Crippen molar-refractivity contribution in [3.05, 3.63) is 0 Å². The average Bonchev–Trinajstić information content (AvgIpc) is 2.15. The summed E-state index contributed by atoms with van der Waals surface area (Å²) in [4.78, 5) is 37.9. The Bertz CT molecular complexity index is 213. The molecule has 0 rings (SSSR count). The van der Waals surface area contributed by atoms with Gasteiger partial charge in [0.2, 0.25) is 0 Å². The predicted molar refractivity (Wildman–Crippen MR) is 48.7 cm³/mol. The van der Waals surface area contributed by atoms with Crippen LogP contribution in [-0.4, -0.2) is 24.5 Å². The molecule has 0 saturated carbocycles. The van der Waals surface area contributed by atoms with Gasteiger partial charge in [-0.25, -0.2) is 9.78 Å². The minimum Gasteiger partial charge on any atom is -0.323 e. The topological polar surface area (TPSA) is 98.8 Å². The third-order valence-corrected chi connectivity index (χ3v) is 0.834. The van der Waals surface area contributed by atoms with Gasteiger partial charge in [0.05, 0.1) is 12.2 Å². The summed E-state index contributed by atoms with van der Waals surface area (Å²) in [5.41, 5.74) is 0. The number of rotatable bonds is 6. The highest BCUT2D eigenvalue weighted by Crippen LogP contribution is 1.97. The van der Waals surface area contributed by atoms with E-state index in [1.807, 2.05) is 0 Å². The second-order valence-electron chi connectivity index (χ2n) is 3.19. The molecule has 0 aliphatic heterocycles. The molecule has 0 radical (unpaired) electrons. The summed E-state index contributed by atoms with van der Waals surface area (Å²) < 4.78 is 3.88. The molecule has 9 heteroatoms. The number of carbonyl (C=O) groups is 2. The van der Waals surface area contributed by atoms with Crippen LogP contribution in [0.1, 0.15) is 27.7 Å². The van der Waals surface area contributed by atoms with Gasteiger partial charge in [-0.05, 0) is 37.8 Å². The molecule has 0 amide bonds. The van der Waals surface area contributed by atoms with Crippen LogP contribution in [0, 0.1) is 0 Å². The molecule has 0 aromatic heterocycles. The zero-order valence-electron chi connectivity index (χ0n) is 9.83. The summed E-state index contributed by atoms with van der Waals surface area (Å²) in [5.74, 6) is 0. The van der Waals surface area contributed by atoms with Gasteiger partial charge in [-0.1, -0.05) is 0 Å². The van der Waals surface area contributed by atoms with E-state index in [2.05, 4.69) is 34.4 Å². The molecule has 17 heavy (non-hydrogen) atoms. The van der Waals surface area contributed by atoms with E-state index in [0.29, 0.717) is 0 Å². The van der Waals surface area contributed by atoms with Crippen molar-refractivity contribution in [1.82, 2.24) is 0 Å². The van der Waals surface area contributed by atoms with Gasteiger partial charge in [-0.15, -0.1) is 0 Å². The third kappa shape index (κ3) is 10.9. The van der Waals surface area contributed by atoms with Crippen LogP contribution in [0.4, 0.5) is 9.59 Å². The number of hydrogen-bond donors (Lipinski definition) is 0. The summed E-state index contributed by atoms with van der Waals surface area (Å²) in [7, 11) is 0. The zero-order valence-corrected chi connectivity index (χ0v) is 9.83. The molecular weight excluding hydrogens is 240 g/mol. The Morgan fingerprint density at radius 1 is 0.765 bits per heavy atom. The van der Waals surface area contributed by atoms with Crippen LogP contribution in [-0.2, 0) is 34.4 Å². The maximum Gasteiger partial charge on any atom is 0.553 e. The first kappa shape index (κ1) is 15.6. The van der Waals surface area contributed by atoms with Gasteiger partial charge in [-0.3, -0.25) is 0 Å². The van der Waals surface area contributed by atoms with Crippen molar-refractivity contribution in [1.29, 1.82) is 0 Å². The van der Waals surface area contributed by atoms with E-state index >= 15 is 0 Å². The molecule has 0 aromatic carbocycles. The number of hydrogen-bond acceptors (Lipinski definition) is 9. The van der Waals surface area contributed by atoms with Crippen molar-refractivity contribution in [3.63, 3.8) is 0 Å². The van der Waals surface area contributed by atoms with Gasteiger partial charge in [0.15, 0.2) is 0 Å². The standard InChI is InChI=1S/C8H14O9/c1-5(2)12-16-14-7(9)11-8(10)15-17-13-6(3)4/h5-6H,1-4H3. The molecule has 100 valence electrons. The van der Waals surface area contributed by atoms with Crippen molar-refractivity contribution < 1.29 is 44.0 Å². The van der Waals surface area contributed by atoms with E-state index in [-0.39, 0.29) is 12.2 Å². The van der Waals surface area contributed by atoms with Crippen LogP contribution < -0.4 is 0 Å². The molecule has 0 unspecified atom stereocenters. The van der Waals surface area contributed by atoms with Crippen LogP contribution in [0.2, 0.25) is 0 Å². The van der Waals surface area contributed by atoms with Gasteiger partial charge in [0.1, 0.15) is 0 Å². The first-order valence-corrected chi connectivity index (χ1v) is 4.67. The fourth-order valence-electron chi connectivity index (χ4n) is 0.354. The highest BCUT2D eigenvalue weighted by Gasteiger charge is 2.16. The van der Waals surface area contributed by atoms with Crippen molar-refractivity contribution in [2.75, 3.05) is 0 Å². The van der Waals surface area contributed by atoms with Crippen LogP contribution in [0.25, 0.3) is 0 Å². The lowest BCUT2D eigenvalue weighted by molar-refractivity contribution is -0.504. The average molecular weight is 254 g/mol. The highest BCUT2D eigenvalue weighted by molar-refractivity contribution is 5.76. The third-order valence-electron chi connectivity index (χ3n) is 0.834. The molecule has 0 fully saturated rings. The molecular formula is C8H14O9. The maximum atomic E-state index is 10.7. The van der Waals surface area contributed by atoms with E-state index < -0.39 is 12.3 Å². The lowest BCUT2D eigenvalue weighted by atomic mass is 10.5. The molecule has 9 nitrogen and oxygen atoms in total. The SMILES string of the molecule is CC(C)OOOC(=O)OC(=O)OOOC(C)C. The summed E-state index contributed by atoms with van der Waals surface area (Å²) in [6, 6.07) is 0. The van der Waals surface area contributed by atoms with Gasteiger partial charge < -0.3 is 4.74 Å². The minimum absolute atomic E-state index is 0.336. The van der Waals surface area contributed by atoms with Crippen LogP contribution >= 0.6 is 0 Å². The van der Waals surface area contributed by atoms with Gasteiger partial charge in [-0.2, -0.15) is 19.4 Å². The minimum atomic E-state index is -1.48. The Morgan fingerprint density at radius 3 is 1.41 bits per heavy atom. The number of carbonyl (C=O) groups excluding carboxylic acids is 2. The Labute approximate surface area is 97.1 Å². The van der Waals surface area contributed by atoms with Crippen molar-refractivity contribution in [2.45, 2.75) is 39.9 Å². The molecule has 0 aliphatic rings. The summed E-state index contributed by atoms with van der Waals surface area (Å²) in [5, 5.41) is 7.89. The van der Waals surface area contributed by atoms with Crippen LogP contribution in [0.3, 0.4) is 0 Å². The van der Waals surface area contributed by atoms with Gasteiger partial charge in [0.25, 0.3) is 0 Å². The van der Waals surface area contributed by atoms with Crippen molar-refractivity contribution in [3.8, 4) is 0 Å². The molecule has 0 heterocycles. The van der Waals surface area contributed by atoms with Gasteiger partial charge in [0, 0.05) is 0 Å². The molecule has 0 bridgehead atoms. The Kier molecular flexibility index (Phi) is 7.97. The molecule has 0 spiro atoms. The smallest absolute Gasteiger partial charge is 0.323 e. The Morgan fingerprint density at radius 2 is 1.12 bits per heavy atom. The van der Waals surface area contributed by atoms with E-state index in [4.69, 9.17) is 0 Å². The van der Waals surface area contributed by atoms with Crippen molar-refractivity contribution >= 4 is 12.3 Å². The quantitative estimate of drug-likeness (QED) is 0.304. The van der Waals surface area contributed by atoms with Crippen molar-refractivity contribution in [2.24, 2.45) is 0 Å². The molecule has 0 N–H and O–H groups in total. The Balaban J connectivity index is 3.56.